The Labute approximate surface area is 113 Å². The molecule has 0 spiro atoms. The van der Waals surface area contributed by atoms with Gasteiger partial charge in [0, 0.05) is 31.9 Å². The number of aromatic carboxylic acids is 1. The van der Waals surface area contributed by atoms with Gasteiger partial charge < -0.3 is 15.6 Å². The highest BCUT2D eigenvalue weighted by atomic mass is 16.5. The SMILES string of the molecule is COCCN(Cc1cccc(N)c1C(=O)O)C1CC1. The van der Waals surface area contributed by atoms with E-state index in [-0.39, 0.29) is 5.56 Å². The van der Waals surface area contributed by atoms with E-state index in [2.05, 4.69) is 4.90 Å². The maximum Gasteiger partial charge on any atom is 0.338 e. The van der Waals surface area contributed by atoms with E-state index < -0.39 is 5.97 Å². The summed E-state index contributed by atoms with van der Waals surface area (Å²) >= 11 is 0. The van der Waals surface area contributed by atoms with Crippen molar-refractivity contribution < 1.29 is 14.6 Å². The fourth-order valence-electron chi connectivity index (χ4n) is 2.27. The van der Waals surface area contributed by atoms with Gasteiger partial charge in [0.1, 0.15) is 0 Å². The Morgan fingerprint density at radius 3 is 2.84 bits per heavy atom. The lowest BCUT2D eigenvalue weighted by atomic mass is 10.0. The van der Waals surface area contributed by atoms with E-state index in [9.17, 15) is 9.90 Å². The van der Waals surface area contributed by atoms with Gasteiger partial charge in [0.2, 0.25) is 0 Å². The van der Waals surface area contributed by atoms with Gasteiger partial charge in [-0.3, -0.25) is 4.90 Å². The molecule has 19 heavy (non-hydrogen) atoms. The zero-order chi connectivity index (χ0) is 13.8. The van der Waals surface area contributed by atoms with Crippen molar-refractivity contribution in [2.24, 2.45) is 0 Å². The van der Waals surface area contributed by atoms with Gasteiger partial charge in [0.05, 0.1) is 12.2 Å². The molecule has 0 aromatic heterocycles. The van der Waals surface area contributed by atoms with Crippen LogP contribution in [0.3, 0.4) is 0 Å². The predicted molar refractivity (Wildman–Crippen MR) is 73.1 cm³/mol. The van der Waals surface area contributed by atoms with Crippen LogP contribution in [0.5, 0.6) is 0 Å². The fraction of sp³-hybridized carbons (Fsp3) is 0.500. The van der Waals surface area contributed by atoms with Gasteiger partial charge in [0.25, 0.3) is 0 Å². The molecule has 1 aromatic rings. The van der Waals surface area contributed by atoms with Crippen LogP contribution in [0.4, 0.5) is 5.69 Å². The number of carboxylic acids is 1. The van der Waals surface area contributed by atoms with Gasteiger partial charge in [-0.05, 0) is 24.5 Å². The molecule has 0 unspecified atom stereocenters. The van der Waals surface area contributed by atoms with Crippen molar-refractivity contribution in [1.82, 2.24) is 4.90 Å². The number of nitrogen functional groups attached to an aromatic ring is 1. The number of ether oxygens (including phenoxy) is 1. The molecule has 1 saturated carbocycles. The van der Waals surface area contributed by atoms with Crippen LogP contribution < -0.4 is 5.73 Å². The van der Waals surface area contributed by atoms with Crippen molar-refractivity contribution in [3.05, 3.63) is 29.3 Å². The van der Waals surface area contributed by atoms with Gasteiger partial charge in [-0.1, -0.05) is 12.1 Å². The third kappa shape index (κ3) is 3.45. The van der Waals surface area contributed by atoms with Gasteiger partial charge in [-0.2, -0.15) is 0 Å². The highest BCUT2D eigenvalue weighted by Gasteiger charge is 2.29. The number of carbonyl (C=O) groups is 1. The maximum atomic E-state index is 11.3. The first-order valence-corrected chi connectivity index (χ1v) is 6.47. The van der Waals surface area contributed by atoms with Crippen LogP contribution in [0.1, 0.15) is 28.8 Å². The van der Waals surface area contributed by atoms with Crippen molar-refractivity contribution in [3.8, 4) is 0 Å². The first kappa shape index (κ1) is 13.8. The van der Waals surface area contributed by atoms with E-state index >= 15 is 0 Å². The minimum atomic E-state index is -0.962. The Kier molecular flexibility index (Phi) is 4.39. The molecule has 0 bridgehead atoms. The first-order chi connectivity index (χ1) is 9.13. The van der Waals surface area contributed by atoms with E-state index in [0.29, 0.717) is 24.9 Å². The van der Waals surface area contributed by atoms with Crippen LogP contribution in [0.25, 0.3) is 0 Å². The lowest BCUT2D eigenvalue weighted by Gasteiger charge is -2.22. The summed E-state index contributed by atoms with van der Waals surface area (Å²) in [6.07, 6.45) is 2.35. The smallest absolute Gasteiger partial charge is 0.338 e. The number of hydrogen-bond donors (Lipinski definition) is 2. The zero-order valence-corrected chi connectivity index (χ0v) is 11.1. The summed E-state index contributed by atoms with van der Waals surface area (Å²) < 4.78 is 5.11. The molecule has 0 aliphatic heterocycles. The van der Waals surface area contributed by atoms with E-state index in [4.69, 9.17) is 10.5 Å². The number of anilines is 1. The standard InChI is InChI=1S/C14H20N2O3/c1-19-8-7-16(11-5-6-11)9-10-3-2-4-12(15)13(10)14(17)18/h2-4,11H,5-9,15H2,1H3,(H,17,18). The second kappa shape index (κ2) is 6.04. The second-order valence-electron chi connectivity index (χ2n) is 4.88. The number of nitrogens with two attached hydrogens (primary N) is 1. The van der Waals surface area contributed by atoms with Gasteiger partial charge in [-0.15, -0.1) is 0 Å². The third-order valence-corrected chi connectivity index (χ3v) is 3.42. The van der Waals surface area contributed by atoms with Crippen LogP contribution in [0.2, 0.25) is 0 Å². The molecule has 0 saturated heterocycles. The van der Waals surface area contributed by atoms with Crippen LogP contribution in [-0.4, -0.2) is 42.3 Å². The molecule has 3 N–H and O–H groups in total. The summed E-state index contributed by atoms with van der Waals surface area (Å²) in [5.41, 5.74) is 7.09. The molecule has 2 rings (SSSR count). The summed E-state index contributed by atoms with van der Waals surface area (Å²) in [6, 6.07) is 5.82. The Balaban J connectivity index is 2.16. The summed E-state index contributed by atoms with van der Waals surface area (Å²) in [4.78, 5) is 13.6. The monoisotopic (exact) mass is 264 g/mol. The van der Waals surface area contributed by atoms with Crippen molar-refractivity contribution in [2.75, 3.05) is 26.0 Å². The largest absolute Gasteiger partial charge is 0.478 e. The van der Waals surface area contributed by atoms with E-state index in [0.717, 1.165) is 12.1 Å². The highest BCUT2D eigenvalue weighted by Crippen LogP contribution is 2.29. The van der Waals surface area contributed by atoms with Gasteiger partial charge in [-0.25, -0.2) is 4.79 Å². The molecule has 0 amide bonds. The Bertz CT molecular complexity index is 458. The molecule has 1 fully saturated rings. The Morgan fingerprint density at radius 2 is 2.26 bits per heavy atom. The van der Waals surface area contributed by atoms with Gasteiger partial charge in [0.15, 0.2) is 0 Å². The number of methoxy groups -OCH3 is 1. The summed E-state index contributed by atoms with van der Waals surface area (Å²) in [6.45, 7) is 2.08. The van der Waals surface area contributed by atoms with Crippen molar-refractivity contribution in [1.29, 1.82) is 0 Å². The molecule has 0 radical (unpaired) electrons. The molecule has 5 heteroatoms. The van der Waals surface area contributed by atoms with Crippen LogP contribution in [-0.2, 0) is 11.3 Å². The van der Waals surface area contributed by atoms with Crippen molar-refractivity contribution in [2.45, 2.75) is 25.4 Å². The number of nitrogens with zero attached hydrogens (tertiary/aromatic N) is 1. The average Bonchev–Trinajstić information content (AvgIpc) is 3.18. The molecule has 0 atom stereocenters. The number of rotatable bonds is 7. The van der Waals surface area contributed by atoms with E-state index in [1.165, 1.54) is 12.8 Å². The van der Waals surface area contributed by atoms with Crippen molar-refractivity contribution >= 4 is 11.7 Å². The lowest BCUT2D eigenvalue weighted by molar-refractivity contribution is 0.0695. The summed E-state index contributed by atoms with van der Waals surface area (Å²) in [5, 5.41) is 9.27. The Hall–Kier alpha value is -1.59. The molecule has 0 heterocycles. The molecular formula is C14H20N2O3. The van der Waals surface area contributed by atoms with E-state index in [1.807, 2.05) is 6.07 Å². The molecule has 1 aliphatic rings. The number of carboxylic acid groups (broad SMARTS) is 1. The van der Waals surface area contributed by atoms with Gasteiger partial charge >= 0.3 is 5.97 Å². The van der Waals surface area contributed by atoms with Crippen LogP contribution in [0.15, 0.2) is 18.2 Å². The van der Waals surface area contributed by atoms with Crippen molar-refractivity contribution in [3.63, 3.8) is 0 Å². The highest BCUT2D eigenvalue weighted by molar-refractivity contribution is 5.95. The van der Waals surface area contributed by atoms with Crippen LogP contribution in [0, 0.1) is 0 Å². The summed E-state index contributed by atoms with van der Waals surface area (Å²) in [5.74, 6) is -0.962. The second-order valence-corrected chi connectivity index (χ2v) is 4.88. The zero-order valence-electron chi connectivity index (χ0n) is 11.1. The topological polar surface area (TPSA) is 75.8 Å². The molecule has 1 aromatic carbocycles. The molecule has 5 nitrogen and oxygen atoms in total. The van der Waals surface area contributed by atoms with E-state index in [1.54, 1.807) is 19.2 Å². The molecule has 104 valence electrons. The normalized spacial score (nSPS) is 14.8. The minimum Gasteiger partial charge on any atom is -0.478 e. The molecule has 1 aliphatic carbocycles. The summed E-state index contributed by atoms with van der Waals surface area (Å²) in [7, 11) is 1.67. The fourth-order valence-corrected chi connectivity index (χ4v) is 2.27. The quantitative estimate of drug-likeness (QED) is 0.731. The number of hydrogen-bond acceptors (Lipinski definition) is 4. The first-order valence-electron chi connectivity index (χ1n) is 6.47. The lowest BCUT2D eigenvalue weighted by Crippen LogP contribution is -2.30. The predicted octanol–water partition coefficient (Wildman–Crippen LogP) is 1.58. The maximum absolute atomic E-state index is 11.3. The molecular weight excluding hydrogens is 244 g/mol. The number of benzene rings is 1. The Morgan fingerprint density at radius 1 is 1.53 bits per heavy atom. The van der Waals surface area contributed by atoms with Crippen LogP contribution >= 0.6 is 0 Å². The minimum absolute atomic E-state index is 0.227. The average molecular weight is 264 g/mol. The third-order valence-electron chi connectivity index (χ3n) is 3.42.